The smallest absolute Gasteiger partial charge is 0.0314 e. The molecule has 0 unspecified atom stereocenters. The van der Waals surface area contributed by atoms with Gasteiger partial charge in [-0.25, -0.2) is 0 Å². The molecule has 0 saturated heterocycles. The molecular weight excluding hydrogens is 208 g/mol. The van der Waals surface area contributed by atoms with E-state index >= 15 is 0 Å². The molecule has 2 aromatic carbocycles. The van der Waals surface area contributed by atoms with Crippen molar-refractivity contribution in [2.45, 2.75) is 18.3 Å². The average molecular weight is 224 g/mol. The molecule has 86 valence electrons. The number of anilines is 2. The lowest BCUT2D eigenvalue weighted by Crippen LogP contribution is -1.88. The van der Waals surface area contributed by atoms with E-state index < -0.39 is 0 Å². The maximum Gasteiger partial charge on any atom is 0.0314 e. The van der Waals surface area contributed by atoms with Gasteiger partial charge in [-0.05, 0) is 53.6 Å². The van der Waals surface area contributed by atoms with Crippen molar-refractivity contribution in [1.82, 2.24) is 0 Å². The molecular formula is C15H16N2. The minimum absolute atomic E-state index is 0.652. The standard InChI is InChI=1S/C15H16N2/c16-12-5-1-10(2-6-12)14-9-15(14)11-3-7-13(17)8-4-11/h1-8,14-15H,9,16-17H2/t14-,15-/m1/s1. The number of nitrogens with two attached hydrogens (primary N) is 2. The van der Waals surface area contributed by atoms with Gasteiger partial charge in [0.25, 0.3) is 0 Å². The lowest BCUT2D eigenvalue weighted by atomic mass is 10.0. The van der Waals surface area contributed by atoms with Gasteiger partial charge in [0.2, 0.25) is 0 Å². The van der Waals surface area contributed by atoms with Crippen LogP contribution in [0.4, 0.5) is 11.4 Å². The van der Waals surface area contributed by atoms with Crippen LogP contribution < -0.4 is 11.5 Å². The van der Waals surface area contributed by atoms with E-state index in [1.807, 2.05) is 24.3 Å². The molecule has 0 aromatic heterocycles. The fourth-order valence-corrected chi connectivity index (χ4v) is 2.42. The van der Waals surface area contributed by atoms with Gasteiger partial charge in [0.15, 0.2) is 0 Å². The molecule has 1 aliphatic rings. The second-order valence-corrected chi connectivity index (χ2v) is 4.78. The first-order valence-corrected chi connectivity index (χ1v) is 5.95. The normalized spacial score (nSPS) is 22.4. The van der Waals surface area contributed by atoms with Crippen molar-refractivity contribution >= 4 is 11.4 Å². The quantitative estimate of drug-likeness (QED) is 0.770. The van der Waals surface area contributed by atoms with E-state index in [4.69, 9.17) is 11.5 Å². The first-order valence-electron chi connectivity index (χ1n) is 5.95. The van der Waals surface area contributed by atoms with Gasteiger partial charge in [-0.3, -0.25) is 0 Å². The van der Waals surface area contributed by atoms with Crippen LogP contribution >= 0.6 is 0 Å². The van der Waals surface area contributed by atoms with Crippen molar-refractivity contribution in [3.63, 3.8) is 0 Å². The lowest BCUT2D eigenvalue weighted by Gasteiger charge is -2.02. The van der Waals surface area contributed by atoms with Gasteiger partial charge < -0.3 is 11.5 Å². The fourth-order valence-electron chi connectivity index (χ4n) is 2.42. The Morgan fingerprint density at radius 3 is 1.35 bits per heavy atom. The molecule has 0 bridgehead atoms. The maximum atomic E-state index is 5.70. The van der Waals surface area contributed by atoms with E-state index in [1.54, 1.807) is 0 Å². The summed E-state index contributed by atoms with van der Waals surface area (Å²) in [7, 11) is 0. The van der Waals surface area contributed by atoms with Crippen molar-refractivity contribution < 1.29 is 0 Å². The van der Waals surface area contributed by atoms with Crippen LogP contribution in [0.5, 0.6) is 0 Å². The SMILES string of the molecule is Nc1ccc([C@H]2C[C@@H]2c2ccc(N)cc2)cc1. The maximum absolute atomic E-state index is 5.70. The molecule has 3 rings (SSSR count). The Morgan fingerprint density at radius 1 is 0.647 bits per heavy atom. The van der Waals surface area contributed by atoms with Crippen LogP contribution in [-0.4, -0.2) is 0 Å². The summed E-state index contributed by atoms with van der Waals surface area (Å²) in [5.41, 5.74) is 15.8. The molecule has 1 saturated carbocycles. The number of benzene rings is 2. The minimum atomic E-state index is 0.652. The van der Waals surface area contributed by atoms with E-state index in [9.17, 15) is 0 Å². The third-order valence-electron chi connectivity index (χ3n) is 3.52. The van der Waals surface area contributed by atoms with Crippen LogP contribution in [0.15, 0.2) is 48.5 Å². The van der Waals surface area contributed by atoms with Crippen molar-refractivity contribution in [3.05, 3.63) is 59.7 Å². The fraction of sp³-hybridized carbons (Fsp3) is 0.200. The topological polar surface area (TPSA) is 52.0 Å². The molecule has 2 nitrogen and oxygen atoms in total. The summed E-state index contributed by atoms with van der Waals surface area (Å²) in [4.78, 5) is 0. The predicted molar refractivity (Wildman–Crippen MR) is 71.8 cm³/mol. The van der Waals surface area contributed by atoms with Crippen LogP contribution in [0.3, 0.4) is 0 Å². The van der Waals surface area contributed by atoms with Gasteiger partial charge in [0.05, 0.1) is 0 Å². The van der Waals surface area contributed by atoms with Gasteiger partial charge in [-0.1, -0.05) is 24.3 Å². The van der Waals surface area contributed by atoms with Crippen LogP contribution in [0.25, 0.3) is 0 Å². The summed E-state index contributed by atoms with van der Waals surface area (Å²) in [5, 5.41) is 0. The molecule has 1 fully saturated rings. The first kappa shape index (κ1) is 10.2. The zero-order valence-corrected chi connectivity index (χ0v) is 9.64. The molecule has 4 N–H and O–H groups in total. The highest BCUT2D eigenvalue weighted by atomic mass is 14.5. The zero-order valence-electron chi connectivity index (χ0n) is 9.64. The van der Waals surface area contributed by atoms with Gasteiger partial charge in [0, 0.05) is 11.4 Å². The van der Waals surface area contributed by atoms with Gasteiger partial charge in [-0.2, -0.15) is 0 Å². The van der Waals surface area contributed by atoms with E-state index in [1.165, 1.54) is 17.5 Å². The second kappa shape index (κ2) is 3.81. The highest BCUT2D eigenvalue weighted by Gasteiger charge is 2.39. The van der Waals surface area contributed by atoms with Gasteiger partial charge >= 0.3 is 0 Å². The van der Waals surface area contributed by atoms with Crippen LogP contribution in [0.1, 0.15) is 29.4 Å². The molecule has 2 atom stereocenters. The summed E-state index contributed by atoms with van der Waals surface area (Å²) in [5.74, 6) is 1.30. The van der Waals surface area contributed by atoms with Gasteiger partial charge in [-0.15, -0.1) is 0 Å². The number of hydrogen-bond acceptors (Lipinski definition) is 2. The Balaban J connectivity index is 1.78. The summed E-state index contributed by atoms with van der Waals surface area (Å²) in [6.45, 7) is 0. The van der Waals surface area contributed by atoms with Crippen LogP contribution in [0, 0.1) is 0 Å². The van der Waals surface area contributed by atoms with Crippen molar-refractivity contribution in [2.75, 3.05) is 11.5 Å². The van der Waals surface area contributed by atoms with Crippen LogP contribution in [-0.2, 0) is 0 Å². The molecule has 0 heterocycles. The molecule has 17 heavy (non-hydrogen) atoms. The van der Waals surface area contributed by atoms with Crippen LogP contribution in [0.2, 0.25) is 0 Å². The molecule has 0 amide bonds. The van der Waals surface area contributed by atoms with E-state index in [0.717, 1.165) is 11.4 Å². The lowest BCUT2D eigenvalue weighted by molar-refractivity contribution is 1.03. The molecule has 0 radical (unpaired) electrons. The van der Waals surface area contributed by atoms with Gasteiger partial charge in [0.1, 0.15) is 0 Å². The Hall–Kier alpha value is -1.96. The number of hydrogen-bond donors (Lipinski definition) is 2. The van der Waals surface area contributed by atoms with Crippen molar-refractivity contribution in [2.24, 2.45) is 0 Å². The van der Waals surface area contributed by atoms with Crippen molar-refractivity contribution in [1.29, 1.82) is 0 Å². The summed E-state index contributed by atoms with van der Waals surface area (Å²) in [6, 6.07) is 16.5. The Kier molecular flexibility index (Phi) is 2.29. The number of rotatable bonds is 2. The third-order valence-corrected chi connectivity index (χ3v) is 3.52. The van der Waals surface area contributed by atoms with Crippen molar-refractivity contribution in [3.8, 4) is 0 Å². The zero-order chi connectivity index (χ0) is 11.8. The highest BCUT2D eigenvalue weighted by molar-refractivity contribution is 5.46. The Bertz CT molecular complexity index is 464. The first-order chi connectivity index (χ1) is 8.24. The molecule has 1 aliphatic carbocycles. The summed E-state index contributed by atoms with van der Waals surface area (Å²) >= 11 is 0. The number of nitrogen functional groups attached to an aromatic ring is 2. The third kappa shape index (κ3) is 1.98. The molecule has 0 spiro atoms. The predicted octanol–water partition coefficient (Wildman–Crippen LogP) is 3.12. The molecule has 2 heteroatoms. The summed E-state index contributed by atoms with van der Waals surface area (Å²) < 4.78 is 0. The average Bonchev–Trinajstić information content (AvgIpc) is 3.11. The largest absolute Gasteiger partial charge is 0.399 e. The minimum Gasteiger partial charge on any atom is -0.399 e. The van der Waals surface area contributed by atoms with E-state index in [2.05, 4.69) is 24.3 Å². The Morgan fingerprint density at radius 2 is 1.00 bits per heavy atom. The second-order valence-electron chi connectivity index (χ2n) is 4.78. The molecule has 0 aliphatic heterocycles. The monoisotopic (exact) mass is 224 g/mol. The van der Waals surface area contributed by atoms with E-state index in [-0.39, 0.29) is 0 Å². The highest BCUT2D eigenvalue weighted by Crippen LogP contribution is 2.54. The van der Waals surface area contributed by atoms with E-state index in [0.29, 0.717) is 11.8 Å². The summed E-state index contributed by atoms with van der Waals surface area (Å²) in [6.07, 6.45) is 1.23. The Labute approximate surface area is 101 Å². The molecule has 2 aromatic rings.